The average molecular weight is 372 g/mol. The van der Waals surface area contributed by atoms with Crippen LogP contribution in [0.2, 0.25) is 0 Å². The first kappa shape index (κ1) is 20.7. The fourth-order valence-electron chi connectivity index (χ4n) is 3.10. The molecule has 0 fully saturated rings. The topological polar surface area (TPSA) is 71.6 Å². The van der Waals surface area contributed by atoms with Crippen molar-refractivity contribution in [3.8, 4) is 5.75 Å². The molecule has 0 saturated carbocycles. The molecule has 1 aromatic heterocycles. The van der Waals surface area contributed by atoms with Crippen LogP contribution < -0.4 is 4.74 Å². The van der Waals surface area contributed by atoms with Gasteiger partial charge in [0.25, 0.3) is 0 Å². The Morgan fingerprint density at radius 3 is 2.37 bits per heavy atom. The van der Waals surface area contributed by atoms with E-state index in [1.807, 2.05) is 50.1 Å². The van der Waals surface area contributed by atoms with Crippen molar-refractivity contribution in [2.75, 3.05) is 20.8 Å². The van der Waals surface area contributed by atoms with Gasteiger partial charge in [0.05, 0.1) is 31.0 Å². The number of methoxy groups -OCH3 is 1. The number of rotatable bonds is 8. The number of carbonyl (C=O) groups excluding carboxylic acids is 2. The van der Waals surface area contributed by atoms with Gasteiger partial charge >= 0.3 is 5.97 Å². The summed E-state index contributed by atoms with van der Waals surface area (Å²) in [5, 5.41) is 0. The number of aryl methyl sites for hydroxylation is 1. The maximum atomic E-state index is 13.0. The summed E-state index contributed by atoms with van der Waals surface area (Å²) in [5.74, 6) is 0.343. The zero-order valence-electron chi connectivity index (χ0n) is 16.9. The van der Waals surface area contributed by atoms with Crippen molar-refractivity contribution in [1.29, 1.82) is 0 Å². The molecular formula is C21H28N2O4. The van der Waals surface area contributed by atoms with Crippen molar-refractivity contribution >= 4 is 11.8 Å². The van der Waals surface area contributed by atoms with Crippen LogP contribution in [0.5, 0.6) is 5.75 Å². The van der Waals surface area contributed by atoms with Crippen molar-refractivity contribution in [3.63, 3.8) is 0 Å². The molecule has 0 aliphatic rings. The molecule has 1 heterocycles. The standard InChI is InChI=1S/C21H28N2O4/c1-7-27-17-10-8-16(9-11-17)12-23(5)15(4)20(24)19-13(2)18(14(3)22-19)21(25)26-6/h8-11,15,22H,7,12H2,1-6H3/t15-/m0/s1. The third-order valence-corrected chi connectivity index (χ3v) is 4.78. The highest BCUT2D eigenvalue weighted by molar-refractivity contribution is 6.03. The lowest BCUT2D eigenvalue weighted by molar-refractivity contribution is 0.0599. The van der Waals surface area contributed by atoms with Gasteiger partial charge in [0, 0.05) is 12.2 Å². The van der Waals surface area contributed by atoms with Crippen LogP contribution in [-0.2, 0) is 11.3 Å². The number of Topliss-reactive ketones (excluding diaryl/α,β-unsaturated/α-hetero) is 1. The third kappa shape index (κ3) is 4.57. The number of hydrogen-bond acceptors (Lipinski definition) is 5. The number of ketones is 1. The Labute approximate surface area is 160 Å². The van der Waals surface area contributed by atoms with Gasteiger partial charge in [0.2, 0.25) is 0 Å². The maximum absolute atomic E-state index is 13.0. The number of H-pyrrole nitrogens is 1. The number of ether oxygens (including phenoxy) is 2. The van der Waals surface area contributed by atoms with Crippen LogP contribution in [0.3, 0.4) is 0 Å². The molecule has 0 aliphatic heterocycles. The minimum absolute atomic E-state index is 0.0563. The SMILES string of the molecule is CCOc1ccc(CN(C)[C@@H](C)C(=O)c2[nH]c(C)c(C(=O)OC)c2C)cc1. The van der Waals surface area contributed by atoms with Gasteiger partial charge < -0.3 is 14.5 Å². The van der Waals surface area contributed by atoms with Crippen LogP contribution in [0.4, 0.5) is 0 Å². The van der Waals surface area contributed by atoms with Crippen LogP contribution >= 0.6 is 0 Å². The van der Waals surface area contributed by atoms with E-state index in [0.29, 0.717) is 35.7 Å². The number of benzene rings is 1. The molecule has 1 atom stereocenters. The zero-order valence-corrected chi connectivity index (χ0v) is 16.9. The van der Waals surface area contributed by atoms with Gasteiger partial charge in [-0.3, -0.25) is 9.69 Å². The van der Waals surface area contributed by atoms with Crippen LogP contribution in [-0.4, -0.2) is 48.4 Å². The fourth-order valence-corrected chi connectivity index (χ4v) is 3.10. The highest BCUT2D eigenvalue weighted by Crippen LogP contribution is 2.22. The van der Waals surface area contributed by atoms with Crippen molar-refractivity contribution in [2.24, 2.45) is 0 Å². The smallest absolute Gasteiger partial charge is 0.339 e. The number of carbonyl (C=O) groups is 2. The summed E-state index contributed by atoms with van der Waals surface area (Å²) in [5.41, 5.74) is 3.26. The first-order chi connectivity index (χ1) is 12.8. The van der Waals surface area contributed by atoms with E-state index in [9.17, 15) is 9.59 Å². The molecule has 1 aromatic carbocycles. The Balaban J connectivity index is 2.13. The summed E-state index contributed by atoms with van der Waals surface area (Å²) in [6.45, 7) is 8.61. The Kier molecular flexibility index (Phi) is 6.80. The number of nitrogens with zero attached hydrogens (tertiary/aromatic N) is 1. The van der Waals surface area contributed by atoms with Gasteiger partial charge in [-0.05, 0) is 58.0 Å². The number of hydrogen-bond donors (Lipinski definition) is 1. The Hall–Kier alpha value is -2.60. The quantitative estimate of drug-likeness (QED) is 0.567. The predicted molar refractivity (Wildman–Crippen MR) is 104 cm³/mol. The van der Waals surface area contributed by atoms with Gasteiger partial charge in [-0.15, -0.1) is 0 Å². The monoisotopic (exact) mass is 372 g/mol. The minimum atomic E-state index is -0.435. The van der Waals surface area contributed by atoms with E-state index in [1.54, 1.807) is 13.8 Å². The number of aromatic nitrogens is 1. The lowest BCUT2D eigenvalue weighted by Crippen LogP contribution is -2.36. The molecular weight excluding hydrogens is 344 g/mol. The zero-order chi connectivity index (χ0) is 20.1. The molecule has 2 aromatic rings. The molecule has 27 heavy (non-hydrogen) atoms. The number of likely N-dealkylation sites (N-methyl/N-ethyl adjacent to an activating group) is 1. The van der Waals surface area contributed by atoms with E-state index < -0.39 is 5.97 Å². The highest BCUT2D eigenvalue weighted by atomic mass is 16.5. The Morgan fingerprint density at radius 1 is 1.19 bits per heavy atom. The summed E-state index contributed by atoms with van der Waals surface area (Å²) in [4.78, 5) is 29.9. The molecule has 1 N–H and O–H groups in total. The summed E-state index contributed by atoms with van der Waals surface area (Å²) < 4.78 is 10.3. The van der Waals surface area contributed by atoms with Crippen molar-refractivity contribution < 1.29 is 19.1 Å². The van der Waals surface area contributed by atoms with Gasteiger partial charge in [-0.25, -0.2) is 4.79 Å². The molecule has 0 bridgehead atoms. The third-order valence-electron chi connectivity index (χ3n) is 4.78. The predicted octanol–water partition coefficient (Wildman–Crippen LogP) is 3.52. The second-order valence-corrected chi connectivity index (χ2v) is 6.65. The van der Waals surface area contributed by atoms with E-state index in [4.69, 9.17) is 9.47 Å². The number of esters is 1. The van der Waals surface area contributed by atoms with Gasteiger partial charge in [0.15, 0.2) is 5.78 Å². The van der Waals surface area contributed by atoms with Crippen molar-refractivity contribution in [1.82, 2.24) is 9.88 Å². The Morgan fingerprint density at radius 2 is 1.81 bits per heavy atom. The maximum Gasteiger partial charge on any atom is 0.339 e. The lowest BCUT2D eigenvalue weighted by atomic mass is 10.0. The van der Waals surface area contributed by atoms with E-state index in [-0.39, 0.29) is 11.8 Å². The molecule has 0 saturated heterocycles. The van der Waals surface area contributed by atoms with Crippen LogP contribution in [0.25, 0.3) is 0 Å². The van der Waals surface area contributed by atoms with E-state index in [2.05, 4.69) is 4.98 Å². The Bertz CT molecular complexity index is 808. The molecule has 0 unspecified atom stereocenters. The molecule has 6 heteroatoms. The summed E-state index contributed by atoms with van der Waals surface area (Å²) >= 11 is 0. The first-order valence-corrected chi connectivity index (χ1v) is 9.03. The molecule has 0 amide bonds. The van der Waals surface area contributed by atoms with E-state index in [0.717, 1.165) is 11.3 Å². The number of aromatic amines is 1. The second kappa shape index (κ2) is 8.86. The molecule has 2 rings (SSSR count). The lowest BCUT2D eigenvalue weighted by Gasteiger charge is -2.23. The van der Waals surface area contributed by atoms with Gasteiger partial charge in [-0.2, -0.15) is 0 Å². The van der Waals surface area contributed by atoms with Gasteiger partial charge in [0.1, 0.15) is 5.75 Å². The summed E-state index contributed by atoms with van der Waals surface area (Å²) in [6, 6.07) is 7.51. The summed E-state index contributed by atoms with van der Waals surface area (Å²) in [7, 11) is 3.24. The van der Waals surface area contributed by atoms with Gasteiger partial charge in [-0.1, -0.05) is 12.1 Å². The first-order valence-electron chi connectivity index (χ1n) is 9.03. The molecule has 0 aliphatic carbocycles. The molecule has 0 radical (unpaired) electrons. The molecule has 0 spiro atoms. The normalized spacial score (nSPS) is 12.1. The average Bonchev–Trinajstić information content (AvgIpc) is 2.96. The minimum Gasteiger partial charge on any atom is -0.494 e. The summed E-state index contributed by atoms with van der Waals surface area (Å²) in [6.07, 6.45) is 0. The van der Waals surface area contributed by atoms with Crippen LogP contribution in [0.1, 0.15) is 51.5 Å². The van der Waals surface area contributed by atoms with Crippen LogP contribution in [0.15, 0.2) is 24.3 Å². The molecule has 6 nitrogen and oxygen atoms in total. The van der Waals surface area contributed by atoms with Crippen LogP contribution in [0, 0.1) is 13.8 Å². The largest absolute Gasteiger partial charge is 0.494 e. The van der Waals surface area contributed by atoms with Crippen molar-refractivity contribution in [3.05, 3.63) is 52.3 Å². The van der Waals surface area contributed by atoms with Crippen molar-refractivity contribution in [2.45, 2.75) is 40.3 Å². The number of nitrogens with one attached hydrogen (secondary N) is 1. The highest BCUT2D eigenvalue weighted by Gasteiger charge is 2.27. The molecule has 146 valence electrons. The fraction of sp³-hybridized carbons (Fsp3) is 0.429. The van der Waals surface area contributed by atoms with E-state index in [1.165, 1.54) is 7.11 Å². The second-order valence-electron chi connectivity index (χ2n) is 6.65. The van der Waals surface area contributed by atoms with E-state index >= 15 is 0 Å².